The van der Waals surface area contributed by atoms with Crippen LogP contribution >= 0.6 is 0 Å². The molecule has 17 heavy (non-hydrogen) atoms. The van der Waals surface area contributed by atoms with E-state index in [2.05, 4.69) is 25.8 Å². The molecule has 3 heteroatoms. The van der Waals surface area contributed by atoms with Crippen LogP contribution in [0.3, 0.4) is 0 Å². The topological polar surface area (TPSA) is 34.9 Å². The number of aryl methyl sites for hydroxylation is 2. The van der Waals surface area contributed by atoms with Crippen LogP contribution in [0.2, 0.25) is 0 Å². The van der Waals surface area contributed by atoms with Crippen molar-refractivity contribution in [1.29, 1.82) is 0 Å². The van der Waals surface area contributed by atoms with E-state index < -0.39 is 0 Å². The van der Waals surface area contributed by atoms with Gasteiger partial charge in [0.05, 0.1) is 0 Å². The van der Waals surface area contributed by atoms with Crippen molar-refractivity contribution >= 4 is 11.0 Å². The highest BCUT2D eigenvalue weighted by atomic mass is 16.1. The summed E-state index contributed by atoms with van der Waals surface area (Å²) in [6.07, 6.45) is 0. The molecule has 2 heterocycles. The molecule has 2 aromatic rings. The second-order valence-electron chi connectivity index (χ2n) is 4.99. The molecule has 0 saturated carbocycles. The third-order valence-corrected chi connectivity index (χ3v) is 2.84. The molecule has 2 aromatic heterocycles. The third kappa shape index (κ3) is 2.23. The summed E-state index contributed by atoms with van der Waals surface area (Å²) in [5, 5.41) is 1.07. The van der Waals surface area contributed by atoms with E-state index in [4.69, 9.17) is 0 Å². The van der Waals surface area contributed by atoms with Crippen LogP contribution in [0.1, 0.15) is 25.1 Å². The lowest BCUT2D eigenvalue weighted by Crippen LogP contribution is -2.22. The highest BCUT2D eigenvalue weighted by Gasteiger charge is 2.08. The Balaban J connectivity index is 2.80. The van der Waals surface area contributed by atoms with Gasteiger partial charge in [0.15, 0.2) is 0 Å². The SMILES string of the molecule is Cc1cc(C)c2ccc(=O)n(CC(C)C)c2n1. The summed E-state index contributed by atoms with van der Waals surface area (Å²) in [6.45, 7) is 8.94. The molecule has 0 unspecified atom stereocenters. The molecular formula is C14H18N2O. The average molecular weight is 230 g/mol. The zero-order chi connectivity index (χ0) is 12.6. The molecule has 0 saturated heterocycles. The molecule has 0 amide bonds. The molecular weight excluding hydrogens is 212 g/mol. The van der Waals surface area contributed by atoms with Gasteiger partial charge in [-0.05, 0) is 37.5 Å². The summed E-state index contributed by atoms with van der Waals surface area (Å²) < 4.78 is 1.78. The predicted molar refractivity (Wildman–Crippen MR) is 70.3 cm³/mol. The Morgan fingerprint density at radius 3 is 2.65 bits per heavy atom. The standard InChI is InChI=1S/C14H18N2O/c1-9(2)8-16-13(17)6-5-12-10(3)7-11(4)15-14(12)16/h5-7,9H,8H2,1-4H3. The van der Waals surface area contributed by atoms with Crippen LogP contribution < -0.4 is 5.56 Å². The van der Waals surface area contributed by atoms with Gasteiger partial charge in [-0.25, -0.2) is 4.98 Å². The minimum atomic E-state index is 0.0312. The predicted octanol–water partition coefficient (Wildman–Crippen LogP) is 2.67. The molecule has 0 fully saturated rings. The maximum Gasteiger partial charge on any atom is 0.252 e. The van der Waals surface area contributed by atoms with Crippen molar-refractivity contribution in [3.8, 4) is 0 Å². The number of hydrogen-bond acceptors (Lipinski definition) is 2. The van der Waals surface area contributed by atoms with Gasteiger partial charge < -0.3 is 0 Å². The second kappa shape index (κ2) is 4.32. The monoisotopic (exact) mass is 230 g/mol. The zero-order valence-electron chi connectivity index (χ0n) is 10.8. The first-order valence-electron chi connectivity index (χ1n) is 5.97. The summed E-state index contributed by atoms with van der Waals surface area (Å²) in [5.41, 5.74) is 2.97. The zero-order valence-corrected chi connectivity index (χ0v) is 10.8. The third-order valence-electron chi connectivity index (χ3n) is 2.84. The van der Waals surface area contributed by atoms with E-state index in [1.807, 2.05) is 19.1 Å². The number of aromatic nitrogens is 2. The largest absolute Gasteiger partial charge is 0.292 e. The molecule has 0 aliphatic carbocycles. The van der Waals surface area contributed by atoms with Crippen molar-refractivity contribution in [2.75, 3.05) is 0 Å². The number of pyridine rings is 2. The van der Waals surface area contributed by atoms with Crippen LogP contribution in [0.5, 0.6) is 0 Å². The Labute approximate surface area is 101 Å². The van der Waals surface area contributed by atoms with E-state index in [9.17, 15) is 4.79 Å². The Morgan fingerprint density at radius 1 is 1.29 bits per heavy atom. The molecule has 0 radical (unpaired) electrons. The van der Waals surface area contributed by atoms with Crippen LogP contribution in [-0.4, -0.2) is 9.55 Å². The van der Waals surface area contributed by atoms with Gasteiger partial charge in [-0.2, -0.15) is 0 Å². The van der Waals surface area contributed by atoms with E-state index in [-0.39, 0.29) is 5.56 Å². The molecule has 0 aromatic carbocycles. The Hall–Kier alpha value is -1.64. The van der Waals surface area contributed by atoms with Crippen LogP contribution in [-0.2, 0) is 6.54 Å². The van der Waals surface area contributed by atoms with Crippen LogP contribution in [0.4, 0.5) is 0 Å². The van der Waals surface area contributed by atoms with Crippen molar-refractivity contribution in [1.82, 2.24) is 9.55 Å². The van der Waals surface area contributed by atoms with E-state index in [0.29, 0.717) is 12.5 Å². The average Bonchev–Trinajstić information content (AvgIpc) is 2.21. The first-order valence-corrected chi connectivity index (χ1v) is 5.97. The maximum absolute atomic E-state index is 11.9. The van der Waals surface area contributed by atoms with E-state index in [1.54, 1.807) is 10.6 Å². The number of fused-ring (bicyclic) bond motifs is 1. The van der Waals surface area contributed by atoms with Gasteiger partial charge in [-0.3, -0.25) is 9.36 Å². The molecule has 0 aliphatic heterocycles. The normalized spacial score (nSPS) is 11.4. The first kappa shape index (κ1) is 11.8. The molecule has 0 aliphatic rings. The smallest absolute Gasteiger partial charge is 0.252 e. The molecule has 0 atom stereocenters. The molecule has 0 spiro atoms. The lowest BCUT2D eigenvalue weighted by Gasteiger charge is -2.13. The van der Waals surface area contributed by atoms with Crippen molar-refractivity contribution in [2.45, 2.75) is 34.2 Å². The lowest BCUT2D eigenvalue weighted by molar-refractivity contribution is 0.521. The maximum atomic E-state index is 11.9. The van der Waals surface area contributed by atoms with Crippen molar-refractivity contribution in [3.05, 3.63) is 39.8 Å². The van der Waals surface area contributed by atoms with Crippen LogP contribution in [0.15, 0.2) is 23.0 Å². The van der Waals surface area contributed by atoms with E-state index in [1.165, 1.54) is 5.56 Å². The molecule has 90 valence electrons. The molecule has 0 bridgehead atoms. The van der Waals surface area contributed by atoms with Gasteiger partial charge in [-0.15, -0.1) is 0 Å². The Kier molecular flexibility index (Phi) is 3.01. The van der Waals surface area contributed by atoms with Crippen LogP contribution in [0.25, 0.3) is 11.0 Å². The second-order valence-corrected chi connectivity index (χ2v) is 4.99. The summed E-state index contributed by atoms with van der Waals surface area (Å²) in [5.74, 6) is 0.431. The Bertz CT molecular complexity index is 611. The van der Waals surface area contributed by atoms with Gasteiger partial charge in [0.2, 0.25) is 0 Å². The number of rotatable bonds is 2. The molecule has 2 rings (SSSR count). The summed E-state index contributed by atoms with van der Waals surface area (Å²) in [6, 6.07) is 5.55. The highest BCUT2D eigenvalue weighted by Crippen LogP contribution is 2.16. The van der Waals surface area contributed by atoms with Gasteiger partial charge >= 0.3 is 0 Å². The summed E-state index contributed by atoms with van der Waals surface area (Å²) in [7, 11) is 0. The van der Waals surface area contributed by atoms with Crippen molar-refractivity contribution in [2.24, 2.45) is 5.92 Å². The van der Waals surface area contributed by atoms with Crippen molar-refractivity contribution in [3.63, 3.8) is 0 Å². The summed E-state index contributed by atoms with van der Waals surface area (Å²) >= 11 is 0. The minimum Gasteiger partial charge on any atom is -0.292 e. The van der Waals surface area contributed by atoms with Gasteiger partial charge in [0.25, 0.3) is 5.56 Å². The number of hydrogen-bond donors (Lipinski definition) is 0. The summed E-state index contributed by atoms with van der Waals surface area (Å²) in [4.78, 5) is 16.4. The van der Waals surface area contributed by atoms with E-state index >= 15 is 0 Å². The molecule has 3 nitrogen and oxygen atoms in total. The first-order chi connectivity index (χ1) is 7.99. The Morgan fingerprint density at radius 2 is 2.00 bits per heavy atom. The fraction of sp³-hybridized carbons (Fsp3) is 0.429. The van der Waals surface area contributed by atoms with Gasteiger partial charge in [-0.1, -0.05) is 13.8 Å². The number of nitrogens with zero attached hydrogens (tertiary/aromatic N) is 2. The fourth-order valence-electron chi connectivity index (χ4n) is 2.13. The van der Waals surface area contributed by atoms with Gasteiger partial charge in [0, 0.05) is 23.7 Å². The van der Waals surface area contributed by atoms with Crippen molar-refractivity contribution < 1.29 is 0 Å². The molecule has 0 N–H and O–H groups in total. The highest BCUT2D eigenvalue weighted by molar-refractivity contribution is 5.79. The van der Waals surface area contributed by atoms with Crippen LogP contribution in [0, 0.1) is 19.8 Å². The fourth-order valence-corrected chi connectivity index (χ4v) is 2.13. The van der Waals surface area contributed by atoms with E-state index in [0.717, 1.165) is 16.7 Å². The minimum absolute atomic E-state index is 0.0312. The quantitative estimate of drug-likeness (QED) is 0.795. The van der Waals surface area contributed by atoms with Gasteiger partial charge in [0.1, 0.15) is 5.65 Å². The lowest BCUT2D eigenvalue weighted by atomic mass is 10.1.